The van der Waals surface area contributed by atoms with Crippen molar-refractivity contribution in [1.82, 2.24) is 4.90 Å². The number of piperidine rings is 1. The van der Waals surface area contributed by atoms with E-state index in [1.54, 1.807) is 17.0 Å². The van der Waals surface area contributed by atoms with Crippen molar-refractivity contribution in [2.45, 2.75) is 69.9 Å². The van der Waals surface area contributed by atoms with E-state index in [1.807, 2.05) is 20.8 Å². The van der Waals surface area contributed by atoms with Crippen molar-refractivity contribution in [2.24, 2.45) is 0 Å². The van der Waals surface area contributed by atoms with Crippen LogP contribution in [0.4, 0.5) is 13.6 Å². The Kier molecular flexibility index (Phi) is 5.82. The molecule has 156 valence electrons. The highest BCUT2D eigenvalue weighted by Gasteiger charge is 2.49. The Morgan fingerprint density at radius 1 is 1.32 bits per heavy atom. The van der Waals surface area contributed by atoms with Crippen LogP contribution < -0.4 is 4.74 Å². The first-order valence-electron chi connectivity index (χ1n) is 9.40. The predicted molar refractivity (Wildman–Crippen MR) is 97.4 cm³/mol. The Morgan fingerprint density at radius 3 is 2.54 bits per heavy atom. The summed E-state index contributed by atoms with van der Waals surface area (Å²) in [6, 6.07) is 5.75. The van der Waals surface area contributed by atoms with Gasteiger partial charge in [0, 0.05) is 6.42 Å². The molecule has 1 aromatic carbocycles. The zero-order valence-corrected chi connectivity index (χ0v) is 16.4. The molecule has 2 aliphatic heterocycles. The number of aliphatic hydroxyl groups is 1. The van der Waals surface area contributed by atoms with Crippen molar-refractivity contribution >= 4 is 6.09 Å². The molecule has 0 radical (unpaired) electrons. The van der Waals surface area contributed by atoms with Crippen molar-refractivity contribution < 1.29 is 32.9 Å². The van der Waals surface area contributed by atoms with Crippen LogP contribution in [0.1, 0.15) is 39.2 Å². The highest BCUT2D eigenvalue weighted by Crippen LogP contribution is 2.37. The zero-order chi connectivity index (χ0) is 20.5. The fraction of sp³-hybridized carbons (Fsp3) is 0.650. The molecule has 3 rings (SSSR count). The average molecular weight is 399 g/mol. The van der Waals surface area contributed by atoms with Crippen LogP contribution in [0, 0.1) is 0 Å². The Hall–Kier alpha value is -1.93. The van der Waals surface area contributed by atoms with E-state index in [1.165, 1.54) is 12.1 Å². The third-order valence-electron chi connectivity index (χ3n) is 4.90. The van der Waals surface area contributed by atoms with Gasteiger partial charge in [-0.1, -0.05) is 12.1 Å². The van der Waals surface area contributed by atoms with E-state index in [4.69, 9.17) is 9.47 Å². The first-order chi connectivity index (χ1) is 13.0. The molecule has 28 heavy (non-hydrogen) atoms. The van der Waals surface area contributed by atoms with E-state index in [0.717, 1.165) is 0 Å². The summed E-state index contributed by atoms with van der Waals surface area (Å²) in [7, 11) is 0. The van der Waals surface area contributed by atoms with E-state index in [9.17, 15) is 18.7 Å². The number of morpholine rings is 1. The van der Waals surface area contributed by atoms with Crippen LogP contribution in [0.5, 0.6) is 5.75 Å². The fourth-order valence-corrected chi connectivity index (χ4v) is 4.04. The van der Waals surface area contributed by atoms with E-state index in [2.05, 4.69) is 4.74 Å². The minimum absolute atomic E-state index is 0.0609. The normalized spacial score (nSPS) is 27.6. The van der Waals surface area contributed by atoms with E-state index in [-0.39, 0.29) is 24.3 Å². The fourth-order valence-electron chi connectivity index (χ4n) is 4.04. The number of benzene rings is 1. The predicted octanol–water partition coefficient (Wildman–Crippen LogP) is 3.36. The Balaban J connectivity index is 1.72. The van der Waals surface area contributed by atoms with Gasteiger partial charge in [-0.3, -0.25) is 4.90 Å². The first kappa shape index (κ1) is 20.8. The second kappa shape index (κ2) is 7.83. The van der Waals surface area contributed by atoms with Gasteiger partial charge < -0.3 is 19.3 Å². The van der Waals surface area contributed by atoms with Gasteiger partial charge in [-0.2, -0.15) is 8.78 Å². The molecular weight excluding hydrogens is 372 g/mol. The third kappa shape index (κ3) is 5.11. The van der Waals surface area contributed by atoms with Gasteiger partial charge in [0.05, 0.1) is 30.9 Å². The lowest BCUT2D eigenvalue weighted by molar-refractivity contribution is -0.137. The molecule has 0 saturated carbocycles. The largest absolute Gasteiger partial charge is 0.444 e. The van der Waals surface area contributed by atoms with Crippen molar-refractivity contribution in [1.29, 1.82) is 0 Å². The second-order valence-corrected chi connectivity index (χ2v) is 8.57. The minimum Gasteiger partial charge on any atom is -0.444 e. The number of fused-ring (bicyclic) bond motifs is 2. The molecular formula is C20H27F2NO5. The summed E-state index contributed by atoms with van der Waals surface area (Å²) in [6.45, 7) is 3.19. The van der Waals surface area contributed by atoms with Gasteiger partial charge in [0.2, 0.25) is 0 Å². The second-order valence-electron chi connectivity index (χ2n) is 8.57. The number of alkyl halides is 2. The maximum atomic E-state index is 12.6. The number of amides is 1. The number of carbonyl (C=O) groups is 1. The number of carbonyl (C=O) groups excluding carboxylic acids is 1. The summed E-state index contributed by atoms with van der Waals surface area (Å²) >= 11 is 0. The van der Waals surface area contributed by atoms with E-state index >= 15 is 0 Å². The molecule has 2 heterocycles. The number of rotatable bonds is 4. The highest BCUT2D eigenvalue weighted by atomic mass is 19.3. The van der Waals surface area contributed by atoms with Crippen LogP contribution in [-0.4, -0.2) is 59.2 Å². The Labute approximate surface area is 163 Å². The molecule has 0 aliphatic carbocycles. The molecule has 2 aliphatic rings. The van der Waals surface area contributed by atoms with Gasteiger partial charge in [0.15, 0.2) is 0 Å². The summed E-state index contributed by atoms with van der Waals surface area (Å²) in [5.41, 5.74) is -0.975. The standard InChI is InChI=1S/C20H27F2NO5/c1-19(2,3)28-18(24)23-14-9-20(25,10-15(23)12-26-11-14)8-13-5-4-6-16(7-13)27-17(21)22/h4-7,14-15,17,25H,8-12H2,1-3H3. The van der Waals surface area contributed by atoms with E-state index in [0.29, 0.717) is 31.6 Å². The van der Waals surface area contributed by atoms with Gasteiger partial charge >= 0.3 is 12.7 Å². The molecule has 1 amide bonds. The van der Waals surface area contributed by atoms with Crippen LogP contribution >= 0.6 is 0 Å². The van der Waals surface area contributed by atoms with Crippen LogP contribution in [0.15, 0.2) is 24.3 Å². The summed E-state index contributed by atoms with van der Waals surface area (Å²) in [5.74, 6) is 0.0609. The molecule has 2 bridgehead atoms. The summed E-state index contributed by atoms with van der Waals surface area (Å²) in [5, 5.41) is 11.2. The van der Waals surface area contributed by atoms with Gasteiger partial charge in [-0.05, 0) is 51.3 Å². The maximum Gasteiger partial charge on any atom is 0.410 e. The molecule has 8 heteroatoms. The van der Waals surface area contributed by atoms with Gasteiger partial charge in [0.1, 0.15) is 11.4 Å². The van der Waals surface area contributed by atoms with Crippen molar-refractivity contribution in [3.8, 4) is 5.75 Å². The lowest BCUT2D eigenvalue weighted by atomic mass is 9.78. The summed E-state index contributed by atoms with van der Waals surface area (Å²) in [6.07, 6.45) is 0.522. The average Bonchev–Trinajstić information content (AvgIpc) is 2.51. The van der Waals surface area contributed by atoms with Gasteiger partial charge in [-0.25, -0.2) is 4.79 Å². The molecule has 2 atom stereocenters. The van der Waals surface area contributed by atoms with Crippen molar-refractivity contribution in [3.63, 3.8) is 0 Å². The molecule has 0 spiro atoms. The van der Waals surface area contributed by atoms with Crippen molar-refractivity contribution in [2.75, 3.05) is 13.2 Å². The molecule has 0 aromatic heterocycles. The van der Waals surface area contributed by atoms with Crippen LogP contribution in [0.25, 0.3) is 0 Å². The zero-order valence-electron chi connectivity index (χ0n) is 16.4. The molecule has 1 N–H and O–H groups in total. The molecule has 2 saturated heterocycles. The number of halogens is 2. The van der Waals surface area contributed by atoms with Crippen molar-refractivity contribution in [3.05, 3.63) is 29.8 Å². The lowest BCUT2D eigenvalue weighted by Crippen LogP contribution is -2.64. The highest BCUT2D eigenvalue weighted by molar-refractivity contribution is 5.69. The van der Waals surface area contributed by atoms with Gasteiger partial charge in [-0.15, -0.1) is 0 Å². The summed E-state index contributed by atoms with van der Waals surface area (Å²) < 4.78 is 40.4. The third-order valence-corrected chi connectivity index (χ3v) is 4.90. The van der Waals surface area contributed by atoms with Crippen LogP contribution in [0.3, 0.4) is 0 Å². The first-order valence-corrected chi connectivity index (χ1v) is 9.40. The molecule has 2 unspecified atom stereocenters. The topological polar surface area (TPSA) is 68.2 Å². The SMILES string of the molecule is CC(C)(C)OC(=O)N1C2COCC1CC(O)(Cc1cccc(OC(F)F)c1)C2. The minimum atomic E-state index is -2.90. The van der Waals surface area contributed by atoms with Gasteiger partial charge in [0.25, 0.3) is 0 Å². The number of ether oxygens (including phenoxy) is 3. The number of hydrogen-bond acceptors (Lipinski definition) is 5. The Morgan fingerprint density at radius 2 is 1.96 bits per heavy atom. The number of hydrogen-bond donors (Lipinski definition) is 1. The smallest absolute Gasteiger partial charge is 0.410 e. The van der Waals surface area contributed by atoms with Crippen LogP contribution in [0.2, 0.25) is 0 Å². The summed E-state index contributed by atoms with van der Waals surface area (Å²) in [4.78, 5) is 14.3. The molecule has 1 aromatic rings. The Bertz CT molecular complexity index is 692. The van der Waals surface area contributed by atoms with E-state index < -0.39 is 23.9 Å². The lowest BCUT2D eigenvalue weighted by Gasteiger charge is -2.51. The maximum absolute atomic E-state index is 12.6. The van der Waals surface area contributed by atoms with Crippen LogP contribution in [-0.2, 0) is 15.9 Å². The number of nitrogens with zero attached hydrogens (tertiary/aromatic N) is 1. The molecule has 6 nitrogen and oxygen atoms in total. The monoisotopic (exact) mass is 399 g/mol. The quantitative estimate of drug-likeness (QED) is 0.841. The molecule has 2 fully saturated rings.